The number of hydrogen-bond donors (Lipinski definition) is 0. The Balaban J connectivity index is 2.60. The summed E-state index contributed by atoms with van der Waals surface area (Å²) in [5, 5.41) is 0. The second kappa shape index (κ2) is 10.1. The third-order valence-electron chi connectivity index (χ3n) is 3.81. The first kappa shape index (κ1) is 18.3. The monoisotopic (exact) mass is 355 g/mol. The van der Waals surface area contributed by atoms with Crippen LogP contribution in [0.3, 0.4) is 0 Å². The largest absolute Gasteiger partial charge is 0.383 e. The Morgan fingerprint density at radius 2 is 2.00 bits per heavy atom. The third kappa shape index (κ3) is 6.29. The number of carbonyl (C=O) groups is 1. The first-order valence-electron chi connectivity index (χ1n) is 7.64. The highest BCUT2D eigenvalue weighted by Crippen LogP contribution is 2.15. The van der Waals surface area contributed by atoms with E-state index >= 15 is 0 Å². The summed E-state index contributed by atoms with van der Waals surface area (Å²) in [7, 11) is 1.72. The lowest BCUT2D eigenvalue weighted by molar-refractivity contribution is 0.0898. The van der Waals surface area contributed by atoms with E-state index in [0.29, 0.717) is 19.1 Å². The summed E-state index contributed by atoms with van der Waals surface area (Å²) in [6, 6.07) is 8.13. The number of nitrogens with zero attached hydrogens (tertiary/aromatic N) is 1. The normalized spacial score (nSPS) is 11.3. The van der Waals surface area contributed by atoms with Gasteiger partial charge in [0.1, 0.15) is 0 Å². The zero-order chi connectivity index (χ0) is 15.7. The van der Waals surface area contributed by atoms with Crippen molar-refractivity contribution < 1.29 is 9.53 Å². The number of Topliss-reactive ketones (excluding diaryl/α,β-unsaturated/α-hetero) is 1. The summed E-state index contributed by atoms with van der Waals surface area (Å²) >= 11 is 3.41. The zero-order valence-corrected chi connectivity index (χ0v) is 14.9. The molecule has 0 radical (unpaired) electrons. The molecule has 0 heterocycles. The molecule has 1 aromatic rings. The summed E-state index contributed by atoms with van der Waals surface area (Å²) in [6.45, 7) is 6.78. The van der Waals surface area contributed by atoms with Gasteiger partial charge in [-0.15, -0.1) is 0 Å². The molecule has 1 rings (SSSR count). The van der Waals surface area contributed by atoms with E-state index in [1.54, 1.807) is 7.11 Å². The van der Waals surface area contributed by atoms with Gasteiger partial charge in [0.25, 0.3) is 0 Å². The Bertz CT molecular complexity index is 433. The maximum Gasteiger partial charge on any atom is 0.164 e. The molecule has 0 aliphatic carbocycles. The van der Waals surface area contributed by atoms with E-state index in [0.717, 1.165) is 36.0 Å². The molecule has 0 aliphatic heterocycles. The van der Waals surface area contributed by atoms with Crippen molar-refractivity contribution >= 4 is 21.7 Å². The smallest absolute Gasteiger partial charge is 0.164 e. The molecule has 1 aromatic carbocycles. The molecule has 0 unspecified atom stereocenters. The fourth-order valence-corrected chi connectivity index (χ4v) is 2.94. The van der Waals surface area contributed by atoms with Gasteiger partial charge in [0.15, 0.2) is 5.78 Å². The first-order valence-corrected chi connectivity index (χ1v) is 8.43. The van der Waals surface area contributed by atoms with E-state index in [4.69, 9.17) is 4.74 Å². The third-order valence-corrected chi connectivity index (χ3v) is 4.31. The molecule has 0 saturated heterocycles. The topological polar surface area (TPSA) is 29.5 Å². The van der Waals surface area contributed by atoms with Crippen molar-refractivity contribution in [3.05, 3.63) is 34.3 Å². The van der Waals surface area contributed by atoms with Crippen LogP contribution < -0.4 is 0 Å². The maximum absolute atomic E-state index is 12.3. The van der Waals surface area contributed by atoms with Crippen molar-refractivity contribution in [3.63, 3.8) is 0 Å². The molecule has 118 valence electrons. The van der Waals surface area contributed by atoms with Gasteiger partial charge in [-0.05, 0) is 25.0 Å². The number of ether oxygens (including phenoxy) is 1. The van der Waals surface area contributed by atoms with Crippen LogP contribution in [0, 0.1) is 0 Å². The van der Waals surface area contributed by atoms with Crippen LogP contribution in [0.1, 0.15) is 43.5 Å². The van der Waals surface area contributed by atoms with Crippen molar-refractivity contribution in [2.75, 3.05) is 26.8 Å². The van der Waals surface area contributed by atoms with Gasteiger partial charge in [0, 0.05) is 42.7 Å². The van der Waals surface area contributed by atoms with Crippen molar-refractivity contribution in [2.45, 2.75) is 39.2 Å². The SMILES string of the molecule is CCC(CC)N(CCOC)CCC(=O)c1cccc(Br)c1. The number of halogens is 1. The second-order valence-electron chi connectivity index (χ2n) is 5.18. The predicted octanol–water partition coefficient (Wildman–Crippen LogP) is 4.16. The van der Waals surface area contributed by atoms with E-state index in [1.807, 2.05) is 24.3 Å². The molecule has 0 N–H and O–H groups in total. The number of rotatable bonds is 10. The predicted molar refractivity (Wildman–Crippen MR) is 90.9 cm³/mol. The van der Waals surface area contributed by atoms with Gasteiger partial charge < -0.3 is 4.74 Å². The summed E-state index contributed by atoms with van der Waals surface area (Å²) in [4.78, 5) is 14.7. The van der Waals surface area contributed by atoms with Gasteiger partial charge in [0.05, 0.1) is 6.61 Å². The standard InChI is InChI=1S/C17H26BrNO2/c1-4-16(5-2)19(11-12-21-3)10-9-17(20)14-7-6-8-15(18)13-14/h6-8,13,16H,4-5,9-12H2,1-3H3. The maximum atomic E-state index is 12.3. The van der Waals surface area contributed by atoms with Gasteiger partial charge in [0.2, 0.25) is 0 Å². The number of methoxy groups -OCH3 is 1. The Morgan fingerprint density at radius 3 is 2.57 bits per heavy atom. The quantitative estimate of drug-likeness (QED) is 0.590. The van der Waals surface area contributed by atoms with Crippen LogP contribution in [-0.4, -0.2) is 43.5 Å². The Hall–Kier alpha value is -0.710. The molecule has 3 nitrogen and oxygen atoms in total. The van der Waals surface area contributed by atoms with Gasteiger partial charge in [-0.3, -0.25) is 9.69 Å². The highest BCUT2D eigenvalue weighted by atomic mass is 79.9. The average Bonchev–Trinajstić information content (AvgIpc) is 2.50. The Labute approximate surface area is 136 Å². The molecule has 0 fully saturated rings. The molecular formula is C17H26BrNO2. The van der Waals surface area contributed by atoms with Crippen LogP contribution in [0.5, 0.6) is 0 Å². The summed E-state index contributed by atoms with van der Waals surface area (Å²) in [6.07, 6.45) is 2.76. The van der Waals surface area contributed by atoms with E-state index in [2.05, 4.69) is 34.7 Å². The van der Waals surface area contributed by atoms with Crippen molar-refractivity contribution in [2.24, 2.45) is 0 Å². The summed E-state index contributed by atoms with van der Waals surface area (Å²) in [5.74, 6) is 0.199. The van der Waals surface area contributed by atoms with Gasteiger partial charge in [-0.2, -0.15) is 0 Å². The molecule has 0 aromatic heterocycles. The second-order valence-corrected chi connectivity index (χ2v) is 6.10. The van der Waals surface area contributed by atoms with Gasteiger partial charge in [-0.25, -0.2) is 0 Å². The van der Waals surface area contributed by atoms with Crippen LogP contribution in [0.4, 0.5) is 0 Å². The van der Waals surface area contributed by atoms with Crippen LogP contribution in [0.2, 0.25) is 0 Å². The van der Waals surface area contributed by atoms with Crippen molar-refractivity contribution in [3.8, 4) is 0 Å². The van der Waals surface area contributed by atoms with E-state index < -0.39 is 0 Å². The number of carbonyl (C=O) groups excluding carboxylic acids is 1. The molecule has 0 spiro atoms. The number of benzene rings is 1. The minimum atomic E-state index is 0.199. The van der Waals surface area contributed by atoms with Crippen LogP contribution in [0.15, 0.2) is 28.7 Å². The lowest BCUT2D eigenvalue weighted by atomic mass is 10.1. The zero-order valence-electron chi connectivity index (χ0n) is 13.3. The molecular weight excluding hydrogens is 330 g/mol. The first-order chi connectivity index (χ1) is 10.1. The van der Waals surface area contributed by atoms with E-state index in [9.17, 15) is 4.79 Å². The number of hydrogen-bond acceptors (Lipinski definition) is 3. The molecule has 0 saturated carbocycles. The minimum absolute atomic E-state index is 0.199. The van der Waals surface area contributed by atoms with E-state index in [1.165, 1.54) is 0 Å². The van der Waals surface area contributed by atoms with Crippen LogP contribution in [-0.2, 0) is 4.74 Å². The highest BCUT2D eigenvalue weighted by molar-refractivity contribution is 9.10. The summed E-state index contributed by atoms with van der Waals surface area (Å²) in [5.41, 5.74) is 0.778. The lowest BCUT2D eigenvalue weighted by Gasteiger charge is -2.30. The molecule has 0 aliphatic rings. The van der Waals surface area contributed by atoms with Crippen LogP contribution in [0.25, 0.3) is 0 Å². The fourth-order valence-electron chi connectivity index (χ4n) is 2.54. The summed E-state index contributed by atoms with van der Waals surface area (Å²) < 4.78 is 6.13. The number of ketones is 1. The van der Waals surface area contributed by atoms with Crippen molar-refractivity contribution in [1.82, 2.24) is 4.90 Å². The lowest BCUT2D eigenvalue weighted by Crippen LogP contribution is -2.38. The van der Waals surface area contributed by atoms with Crippen molar-refractivity contribution in [1.29, 1.82) is 0 Å². The van der Waals surface area contributed by atoms with Gasteiger partial charge >= 0.3 is 0 Å². The highest BCUT2D eigenvalue weighted by Gasteiger charge is 2.16. The van der Waals surface area contributed by atoms with E-state index in [-0.39, 0.29) is 5.78 Å². The molecule has 21 heavy (non-hydrogen) atoms. The molecule has 0 atom stereocenters. The van der Waals surface area contributed by atoms with Crippen LogP contribution >= 0.6 is 15.9 Å². The molecule has 0 bridgehead atoms. The molecule has 0 amide bonds. The molecule has 4 heteroatoms. The fraction of sp³-hybridized carbons (Fsp3) is 0.588. The minimum Gasteiger partial charge on any atom is -0.383 e. The Morgan fingerprint density at radius 1 is 1.29 bits per heavy atom. The van der Waals surface area contributed by atoms with Gasteiger partial charge in [-0.1, -0.05) is 41.9 Å². The Kier molecular flexibility index (Phi) is 8.81. The average molecular weight is 356 g/mol.